The minimum atomic E-state index is -0.0273. The Morgan fingerprint density at radius 3 is 2.92 bits per heavy atom. The predicted octanol–water partition coefficient (Wildman–Crippen LogP) is 4.98. The number of fused-ring (bicyclic) bond motifs is 1. The van der Waals surface area contributed by atoms with E-state index in [1.807, 2.05) is 30.5 Å². The molecule has 1 aliphatic carbocycles. The molecule has 2 heterocycles. The molecule has 2 aromatic rings. The van der Waals surface area contributed by atoms with Gasteiger partial charge in [-0.3, -0.25) is 4.79 Å². The Kier molecular flexibility index (Phi) is 4.80. The van der Waals surface area contributed by atoms with Crippen LogP contribution in [0.4, 0.5) is 0 Å². The van der Waals surface area contributed by atoms with Crippen LogP contribution in [0.2, 0.25) is 0 Å². The zero-order valence-electron chi connectivity index (χ0n) is 14.8. The van der Waals surface area contributed by atoms with Gasteiger partial charge in [0, 0.05) is 11.0 Å². The van der Waals surface area contributed by atoms with Crippen molar-refractivity contribution in [3.05, 3.63) is 74.7 Å². The number of carbonyl (C=O) groups is 1. The Bertz CT molecular complexity index is 909. The molecule has 0 spiro atoms. The number of nitrogens with zero attached hydrogens (tertiary/aromatic N) is 3. The Morgan fingerprint density at radius 1 is 1.27 bits per heavy atom. The van der Waals surface area contributed by atoms with Gasteiger partial charge in [0.25, 0.3) is 5.91 Å². The summed E-state index contributed by atoms with van der Waals surface area (Å²) in [6.45, 7) is 2.93. The Hall–Kier alpha value is -2.53. The highest BCUT2D eigenvalue weighted by Crippen LogP contribution is 2.25. The van der Waals surface area contributed by atoms with Crippen LogP contribution in [0.5, 0.6) is 0 Å². The average molecular weight is 363 g/mol. The van der Waals surface area contributed by atoms with Crippen LogP contribution in [0.3, 0.4) is 0 Å². The van der Waals surface area contributed by atoms with Crippen molar-refractivity contribution in [2.45, 2.75) is 32.7 Å². The van der Waals surface area contributed by atoms with Gasteiger partial charge in [-0.25, -0.2) is 0 Å². The predicted molar refractivity (Wildman–Crippen MR) is 105 cm³/mol. The minimum Gasteiger partial charge on any atom is -0.304 e. The summed E-state index contributed by atoms with van der Waals surface area (Å²) in [5.41, 5.74) is 5.66. The maximum atomic E-state index is 12.9. The molecule has 1 aromatic carbocycles. The van der Waals surface area contributed by atoms with Gasteiger partial charge in [0.05, 0.1) is 17.9 Å². The molecule has 0 atom stereocenters. The van der Waals surface area contributed by atoms with Gasteiger partial charge in [0.15, 0.2) is 0 Å². The van der Waals surface area contributed by atoms with E-state index in [1.165, 1.54) is 24.0 Å². The topological polar surface area (TPSA) is 45.0 Å². The highest BCUT2D eigenvalue weighted by molar-refractivity contribution is 7.09. The molecule has 0 saturated heterocycles. The summed E-state index contributed by atoms with van der Waals surface area (Å²) >= 11 is 1.65. The molecule has 2 aliphatic rings. The van der Waals surface area contributed by atoms with Crippen molar-refractivity contribution in [2.75, 3.05) is 6.54 Å². The van der Waals surface area contributed by atoms with Crippen molar-refractivity contribution >= 4 is 23.3 Å². The van der Waals surface area contributed by atoms with Crippen LogP contribution in [0.25, 0.3) is 6.08 Å². The summed E-state index contributed by atoms with van der Waals surface area (Å²) in [4.78, 5) is 15.9. The number of hydrogen-bond donors (Lipinski definition) is 0. The monoisotopic (exact) mass is 363 g/mol. The smallest absolute Gasteiger partial charge is 0.251 e. The molecule has 0 saturated carbocycles. The Morgan fingerprint density at radius 2 is 2.15 bits per heavy atom. The van der Waals surface area contributed by atoms with E-state index in [2.05, 4.69) is 28.4 Å². The molecule has 1 aliphatic heterocycles. The average Bonchev–Trinajstić information content (AvgIpc) is 3.39. The zero-order valence-corrected chi connectivity index (χ0v) is 15.6. The number of aryl methyl sites for hydroxylation is 2. The van der Waals surface area contributed by atoms with Crippen LogP contribution < -0.4 is 0 Å². The van der Waals surface area contributed by atoms with Gasteiger partial charge in [-0.1, -0.05) is 24.3 Å². The molecular weight excluding hydrogens is 342 g/mol. The first-order valence-corrected chi connectivity index (χ1v) is 9.80. The first kappa shape index (κ1) is 16.9. The number of azo groups is 1. The summed E-state index contributed by atoms with van der Waals surface area (Å²) in [5.74, 6) is -0.0273. The van der Waals surface area contributed by atoms with Gasteiger partial charge in [-0.15, -0.1) is 11.3 Å². The standard InChI is InChI=1S/C21H21N3OS/c1-15-20(13-22-23-15)24(14-19-6-3-11-26-19)21(25)10-8-16-7-9-17-4-2-5-18(17)12-16/h3,6-12H,2,4-5,13-14H2,1H3/b10-8+. The molecule has 4 rings (SSSR count). The van der Waals surface area contributed by atoms with E-state index in [9.17, 15) is 4.79 Å². The summed E-state index contributed by atoms with van der Waals surface area (Å²) in [6.07, 6.45) is 7.14. The van der Waals surface area contributed by atoms with Gasteiger partial charge in [-0.05, 0) is 60.4 Å². The summed E-state index contributed by atoms with van der Waals surface area (Å²) < 4.78 is 0. The van der Waals surface area contributed by atoms with E-state index < -0.39 is 0 Å². The van der Waals surface area contributed by atoms with E-state index >= 15 is 0 Å². The SMILES string of the molecule is CC1=C(N(Cc2cccs2)C(=O)/C=C/c2ccc3c(c2)CCC3)CN=N1. The number of rotatable bonds is 5. The number of carbonyl (C=O) groups excluding carboxylic acids is 1. The van der Waals surface area contributed by atoms with Gasteiger partial charge >= 0.3 is 0 Å². The van der Waals surface area contributed by atoms with Gasteiger partial charge in [0.1, 0.15) is 6.54 Å². The van der Waals surface area contributed by atoms with Gasteiger partial charge < -0.3 is 4.90 Å². The third-order valence-electron chi connectivity index (χ3n) is 4.89. The lowest BCUT2D eigenvalue weighted by atomic mass is 10.1. The molecule has 1 amide bonds. The molecule has 26 heavy (non-hydrogen) atoms. The van der Waals surface area contributed by atoms with Gasteiger partial charge in [-0.2, -0.15) is 10.2 Å². The highest BCUT2D eigenvalue weighted by Gasteiger charge is 2.22. The van der Waals surface area contributed by atoms with E-state index in [4.69, 9.17) is 0 Å². The number of thiophene rings is 1. The molecule has 4 nitrogen and oxygen atoms in total. The number of amides is 1. The van der Waals surface area contributed by atoms with Crippen molar-refractivity contribution in [1.82, 2.24) is 4.90 Å². The number of benzene rings is 1. The first-order chi connectivity index (χ1) is 12.7. The molecule has 0 N–H and O–H groups in total. The molecule has 1 aromatic heterocycles. The molecule has 132 valence electrons. The lowest BCUT2D eigenvalue weighted by Gasteiger charge is -2.21. The minimum absolute atomic E-state index is 0.0273. The third kappa shape index (κ3) is 3.53. The molecule has 0 fully saturated rings. The maximum Gasteiger partial charge on any atom is 0.251 e. The Labute approximate surface area is 157 Å². The zero-order chi connectivity index (χ0) is 17.9. The summed E-state index contributed by atoms with van der Waals surface area (Å²) in [6, 6.07) is 10.6. The second kappa shape index (κ2) is 7.38. The van der Waals surface area contributed by atoms with Crippen LogP contribution in [0.1, 0.15) is 34.9 Å². The second-order valence-corrected chi connectivity index (χ2v) is 7.68. The van der Waals surface area contributed by atoms with E-state index in [-0.39, 0.29) is 5.91 Å². The van der Waals surface area contributed by atoms with E-state index in [0.717, 1.165) is 28.3 Å². The lowest BCUT2D eigenvalue weighted by molar-refractivity contribution is -0.124. The highest BCUT2D eigenvalue weighted by atomic mass is 32.1. The van der Waals surface area contributed by atoms with Crippen molar-refractivity contribution in [1.29, 1.82) is 0 Å². The first-order valence-electron chi connectivity index (χ1n) is 8.92. The fourth-order valence-corrected chi connectivity index (χ4v) is 4.17. The van der Waals surface area contributed by atoms with Crippen LogP contribution in [0, 0.1) is 0 Å². The van der Waals surface area contributed by atoms with Crippen molar-refractivity contribution < 1.29 is 4.79 Å². The second-order valence-electron chi connectivity index (χ2n) is 6.65. The van der Waals surface area contributed by atoms with Crippen molar-refractivity contribution in [3.63, 3.8) is 0 Å². The van der Waals surface area contributed by atoms with Gasteiger partial charge in [0.2, 0.25) is 0 Å². The maximum absolute atomic E-state index is 12.9. The fraction of sp³-hybridized carbons (Fsp3) is 0.286. The largest absolute Gasteiger partial charge is 0.304 e. The quantitative estimate of drug-likeness (QED) is 0.691. The third-order valence-corrected chi connectivity index (χ3v) is 5.75. The number of hydrogen-bond acceptors (Lipinski definition) is 4. The molecule has 0 unspecified atom stereocenters. The molecular formula is C21H21N3OS. The Balaban J connectivity index is 1.55. The molecule has 0 bridgehead atoms. The van der Waals surface area contributed by atoms with Crippen LogP contribution in [0.15, 0.2) is 63.4 Å². The van der Waals surface area contributed by atoms with Crippen LogP contribution in [-0.4, -0.2) is 17.4 Å². The summed E-state index contributed by atoms with van der Waals surface area (Å²) in [5, 5.41) is 10.2. The molecule has 0 radical (unpaired) electrons. The number of allylic oxidation sites excluding steroid dienone is 1. The van der Waals surface area contributed by atoms with Crippen LogP contribution >= 0.6 is 11.3 Å². The summed E-state index contributed by atoms with van der Waals surface area (Å²) in [7, 11) is 0. The fourth-order valence-electron chi connectivity index (χ4n) is 3.48. The molecule has 5 heteroatoms. The van der Waals surface area contributed by atoms with Crippen molar-refractivity contribution in [3.8, 4) is 0 Å². The van der Waals surface area contributed by atoms with E-state index in [0.29, 0.717) is 13.1 Å². The van der Waals surface area contributed by atoms with E-state index in [1.54, 1.807) is 22.3 Å². The normalized spacial score (nSPS) is 15.9. The van der Waals surface area contributed by atoms with Crippen LogP contribution in [-0.2, 0) is 24.2 Å². The lowest BCUT2D eigenvalue weighted by Crippen LogP contribution is -2.29. The van der Waals surface area contributed by atoms with Crippen molar-refractivity contribution in [2.24, 2.45) is 10.2 Å².